The second-order valence-corrected chi connectivity index (χ2v) is 10.9. The van der Waals surface area contributed by atoms with Crippen molar-refractivity contribution in [1.82, 2.24) is 0 Å². The van der Waals surface area contributed by atoms with Crippen LogP contribution in [0.25, 0.3) is 0 Å². The van der Waals surface area contributed by atoms with E-state index in [0.717, 1.165) is 34.9 Å². The van der Waals surface area contributed by atoms with Gasteiger partial charge in [-0.25, -0.2) is 13.7 Å². The van der Waals surface area contributed by atoms with Crippen molar-refractivity contribution < 1.29 is 69.7 Å². The Hall–Kier alpha value is 0.210. The number of methoxy groups -OCH3 is 1. The molecule has 0 aromatic carbocycles. The van der Waals surface area contributed by atoms with Crippen LogP contribution in [-0.4, -0.2) is 87.0 Å². The molecule has 3 unspecified atom stereocenters. The summed E-state index contributed by atoms with van der Waals surface area (Å²) in [7, 11) is -10.5. The fourth-order valence-electron chi connectivity index (χ4n) is 2.60. The normalized spacial score (nSPS) is 32.1. The maximum absolute atomic E-state index is 12.2. The molecule has 1 rings (SSSR count). The third kappa shape index (κ3) is 9.46. The molecule has 1 saturated heterocycles. The minimum atomic E-state index is -4.80. The number of ether oxygens (including phenoxy) is 3. The predicted molar refractivity (Wildman–Crippen MR) is 107 cm³/mol. The van der Waals surface area contributed by atoms with Gasteiger partial charge in [0.2, 0.25) is 0 Å². The van der Waals surface area contributed by atoms with Gasteiger partial charge in [0.15, 0.2) is 6.29 Å². The average Bonchev–Trinajstić information content (AvgIpc) is 2.74. The molecule has 0 aliphatic carbocycles. The Bertz CT molecular complexity index is 705. The van der Waals surface area contributed by atoms with E-state index in [2.05, 4.69) is 13.6 Å². The highest BCUT2D eigenvalue weighted by molar-refractivity contribution is 7.48. The maximum atomic E-state index is 12.2. The van der Waals surface area contributed by atoms with Gasteiger partial charge in [0.25, 0.3) is 0 Å². The molecule has 1 aliphatic heterocycles. The van der Waals surface area contributed by atoms with Crippen molar-refractivity contribution >= 4 is 23.5 Å². The molecule has 0 aromatic rings. The van der Waals surface area contributed by atoms with Gasteiger partial charge in [-0.05, 0) is 6.42 Å². The fourth-order valence-corrected chi connectivity index (χ4v) is 4.49. The van der Waals surface area contributed by atoms with Crippen LogP contribution in [0, 0.1) is 0 Å². The lowest BCUT2D eigenvalue weighted by atomic mass is 9.99. The predicted octanol–water partition coefficient (Wildman–Crippen LogP) is 1.57. The molecule has 0 spiro atoms. The SMILES string of the molecule is CCCCOC[C@H]1O[C@H](OC)[C@@H](OP(=O)(O)OC)[C@@H](OP(=O)(O)OC)[C@H]1OP(=O)(O)OC. The first-order valence-corrected chi connectivity index (χ1v) is 13.8. The van der Waals surface area contributed by atoms with Crippen LogP contribution < -0.4 is 0 Å². The van der Waals surface area contributed by atoms with Gasteiger partial charge in [-0.3, -0.25) is 27.1 Å². The molecule has 0 radical (unpaired) electrons. The first-order valence-electron chi connectivity index (χ1n) is 9.32. The van der Waals surface area contributed by atoms with Crippen molar-refractivity contribution in [1.29, 1.82) is 0 Å². The second-order valence-electron chi connectivity index (χ2n) is 6.37. The third-order valence-electron chi connectivity index (χ3n) is 4.20. The lowest BCUT2D eigenvalue weighted by Crippen LogP contribution is -2.61. The Morgan fingerprint density at radius 1 is 0.781 bits per heavy atom. The molecule has 1 fully saturated rings. The van der Waals surface area contributed by atoms with E-state index < -0.39 is 54.2 Å². The van der Waals surface area contributed by atoms with Crippen LogP contribution in [0.5, 0.6) is 0 Å². The average molecular weight is 532 g/mol. The molecule has 32 heavy (non-hydrogen) atoms. The number of hydrogen-bond acceptors (Lipinski definition) is 12. The molecule has 3 N–H and O–H groups in total. The van der Waals surface area contributed by atoms with Crippen LogP contribution in [0.1, 0.15) is 19.8 Å². The van der Waals surface area contributed by atoms with E-state index in [1.165, 1.54) is 0 Å². The maximum Gasteiger partial charge on any atom is 0.472 e. The highest BCUT2D eigenvalue weighted by Gasteiger charge is 2.55. The van der Waals surface area contributed by atoms with Gasteiger partial charge in [-0.2, -0.15) is 0 Å². The van der Waals surface area contributed by atoms with E-state index in [0.29, 0.717) is 13.0 Å². The van der Waals surface area contributed by atoms with Gasteiger partial charge in [0.05, 0.1) is 6.61 Å². The molecule has 8 atom stereocenters. The summed E-state index contributed by atoms with van der Waals surface area (Å²) in [4.78, 5) is 29.5. The quantitative estimate of drug-likeness (QED) is 0.203. The van der Waals surface area contributed by atoms with Crippen molar-refractivity contribution in [3.63, 3.8) is 0 Å². The molecule has 0 saturated carbocycles. The number of phosphoric ester groups is 3. The van der Waals surface area contributed by atoms with Crippen molar-refractivity contribution in [3.05, 3.63) is 0 Å². The third-order valence-corrected chi connectivity index (χ3v) is 7.12. The summed E-state index contributed by atoms with van der Waals surface area (Å²) in [6.07, 6.45) is -6.45. The highest BCUT2D eigenvalue weighted by atomic mass is 31.2. The van der Waals surface area contributed by atoms with Crippen LogP contribution in [0.2, 0.25) is 0 Å². The standard InChI is InChI=1S/C14H31O15P3/c1-6-7-8-25-9-10-11(27-30(15,16)22-3)12(28-31(17,18)23-4)13(14(21-2)26-10)29-32(19,20)24-5/h10-14H,6-9H2,1-5H3,(H,15,16)(H,17,18)(H,19,20)/t10-,11+,12+,13+,14+/m1/s1. The summed E-state index contributed by atoms with van der Waals surface area (Å²) in [6.45, 7) is 2.01. The molecule has 1 aliphatic rings. The number of hydrogen-bond donors (Lipinski definition) is 3. The van der Waals surface area contributed by atoms with Gasteiger partial charge >= 0.3 is 23.5 Å². The Kier molecular flexibility index (Phi) is 12.6. The second kappa shape index (κ2) is 13.3. The van der Waals surface area contributed by atoms with E-state index >= 15 is 0 Å². The Balaban J connectivity index is 3.41. The summed E-state index contributed by atoms with van der Waals surface area (Å²) in [5.74, 6) is 0. The zero-order chi connectivity index (χ0) is 24.6. The molecule has 192 valence electrons. The van der Waals surface area contributed by atoms with Gasteiger partial charge in [0, 0.05) is 35.0 Å². The summed E-state index contributed by atoms with van der Waals surface area (Å²) < 4.78 is 81.0. The van der Waals surface area contributed by atoms with Crippen LogP contribution in [0.4, 0.5) is 0 Å². The molecule has 18 heteroatoms. The van der Waals surface area contributed by atoms with E-state index in [-0.39, 0.29) is 6.61 Å². The first-order chi connectivity index (χ1) is 14.8. The van der Waals surface area contributed by atoms with Crippen LogP contribution in [0.15, 0.2) is 0 Å². The van der Waals surface area contributed by atoms with E-state index in [9.17, 15) is 28.4 Å². The van der Waals surface area contributed by atoms with Gasteiger partial charge in [-0.15, -0.1) is 0 Å². The Labute approximate surface area is 186 Å². The van der Waals surface area contributed by atoms with Crippen molar-refractivity contribution in [3.8, 4) is 0 Å². The fraction of sp³-hybridized carbons (Fsp3) is 1.00. The molecular formula is C14H31O15P3. The van der Waals surface area contributed by atoms with Crippen LogP contribution in [-0.2, 0) is 55.0 Å². The number of phosphoric acid groups is 3. The van der Waals surface area contributed by atoms with Crippen molar-refractivity contribution in [2.45, 2.75) is 50.5 Å². The van der Waals surface area contributed by atoms with Crippen molar-refractivity contribution in [2.75, 3.05) is 41.7 Å². The summed E-state index contributed by atoms with van der Waals surface area (Å²) >= 11 is 0. The molecule has 0 bridgehead atoms. The van der Waals surface area contributed by atoms with Gasteiger partial charge in [0.1, 0.15) is 24.4 Å². The summed E-state index contributed by atoms with van der Waals surface area (Å²) in [5, 5.41) is 0. The lowest BCUT2D eigenvalue weighted by Gasteiger charge is -2.45. The topological polar surface area (TPSA) is 195 Å². The zero-order valence-corrected chi connectivity index (χ0v) is 21.0. The molecule has 0 amide bonds. The minimum Gasteiger partial charge on any atom is -0.379 e. The Morgan fingerprint density at radius 3 is 1.69 bits per heavy atom. The van der Waals surface area contributed by atoms with Crippen molar-refractivity contribution in [2.24, 2.45) is 0 Å². The Morgan fingerprint density at radius 2 is 1.25 bits per heavy atom. The molecular weight excluding hydrogens is 501 g/mol. The van der Waals surface area contributed by atoms with E-state index in [4.69, 9.17) is 27.8 Å². The first kappa shape index (κ1) is 30.2. The van der Waals surface area contributed by atoms with E-state index in [1.807, 2.05) is 6.92 Å². The molecule has 15 nitrogen and oxygen atoms in total. The smallest absolute Gasteiger partial charge is 0.379 e. The minimum absolute atomic E-state index is 0.232. The van der Waals surface area contributed by atoms with E-state index in [1.54, 1.807) is 0 Å². The van der Waals surface area contributed by atoms with Gasteiger partial charge in [-0.1, -0.05) is 13.3 Å². The summed E-state index contributed by atoms with van der Waals surface area (Å²) in [6, 6.07) is 0. The zero-order valence-electron chi connectivity index (χ0n) is 18.3. The summed E-state index contributed by atoms with van der Waals surface area (Å²) in [5.41, 5.74) is 0. The number of rotatable bonds is 15. The number of unbranched alkanes of at least 4 members (excludes halogenated alkanes) is 1. The largest absolute Gasteiger partial charge is 0.472 e. The molecule has 0 aromatic heterocycles. The van der Waals surface area contributed by atoms with Crippen LogP contribution in [0.3, 0.4) is 0 Å². The van der Waals surface area contributed by atoms with Crippen LogP contribution >= 0.6 is 23.5 Å². The lowest BCUT2D eigenvalue weighted by molar-refractivity contribution is -0.287. The van der Waals surface area contributed by atoms with Gasteiger partial charge < -0.3 is 28.9 Å². The highest BCUT2D eigenvalue weighted by Crippen LogP contribution is 2.53. The molecule has 1 heterocycles. The monoisotopic (exact) mass is 532 g/mol.